The lowest BCUT2D eigenvalue weighted by Crippen LogP contribution is -2.26. The summed E-state index contributed by atoms with van der Waals surface area (Å²) in [7, 11) is 0. The molecule has 0 aliphatic carbocycles. The Balaban J connectivity index is 2.04. The number of fused-ring (bicyclic) bond motifs is 1. The van der Waals surface area contributed by atoms with Gasteiger partial charge >= 0.3 is 0 Å². The van der Waals surface area contributed by atoms with Gasteiger partial charge in [0.2, 0.25) is 5.91 Å². The molecule has 1 N–H and O–H groups in total. The maximum absolute atomic E-state index is 12.0. The van der Waals surface area contributed by atoms with Crippen LogP contribution in [0.5, 0.6) is 0 Å². The summed E-state index contributed by atoms with van der Waals surface area (Å²) < 4.78 is 5.46. The standard InChI is InChI=1S/C16H16ClNO2/c1-9-6-7-20-14(9)13(17)10-4-5-12-11(8-10)16(2,3)15(19)18-12/h4-8,13H,1-3H3,(H,18,19). The van der Waals surface area contributed by atoms with E-state index in [2.05, 4.69) is 5.32 Å². The van der Waals surface area contributed by atoms with Crippen LogP contribution < -0.4 is 5.32 Å². The molecule has 1 aromatic carbocycles. The van der Waals surface area contributed by atoms with Gasteiger partial charge in [-0.05, 0) is 49.6 Å². The number of aryl methyl sites for hydroxylation is 1. The van der Waals surface area contributed by atoms with Crippen molar-refractivity contribution in [3.8, 4) is 0 Å². The third kappa shape index (κ3) is 1.85. The van der Waals surface area contributed by atoms with Crippen LogP contribution in [0.2, 0.25) is 0 Å². The maximum atomic E-state index is 12.0. The van der Waals surface area contributed by atoms with Gasteiger partial charge in [0.15, 0.2) is 0 Å². The van der Waals surface area contributed by atoms with Crippen molar-refractivity contribution in [1.82, 2.24) is 0 Å². The number of hydrogen-bond donors (Lipinski definition) is 1. The Kier molecular flexibility index (Phi) is 2.91. The third-order valence-electron chi connectivity index (χ3n) is 3.96. The molecule has 0 fully saturated rings. The number of furan rings is 1. The van der Waals surface area contributed by atoms with E-state index in [1.807, 2.05) is 45.0 Å². The van der Waals surface area contributed by atoms with Crippen LogP contribution in [0.15, 0.2) is 34.9 Å². The number of hydrogen-bond acceptors (Lipinski definition) is 2. The summed E-state index contributed by atoms with van der Waals surface area (Å²) in [6, 6.07) is 7.73. The van der Waals surface area contributed by atoms with Crippen molar-refractivity contribution >= 4 is 23.2 Å². The smallest absolute Gasteiger partial charge is 0.234 e. The minimum Gasteiger partial charge on any atom is -0.467 e. The summed E-state index contributed by atoms with van der Waals surface area (Å²) in [5, 5.41) is 2.55. The average Bonchev–Trinajstić information content (AvgIpc) is 2.92. The Morgan fingerprint density at radius 2 is 2.05 bits per heavy atom. The lowest BCUT2D eigenvalue weighted by Gasteiger charge is -2.17. The number of carbonyl (C=O) groups is 1. The number of carbonyl (C=O) groups excluding carboxylic acids is 1. The van der Waals surface area contributed by atoms with E-state index in [0.29, 0.717) is 0 Å². The van der Waals surface area contributed by atoms with E-state index in [9.17, 15) is 4.79 Å². The highest BCUT2D eigenvalue weighted by Crippen LogP contribution is 2.41. The van der Waals surface area contributed by atoms with Gasteiger partial charge in [-0.3, -0.25) is 4.79 Å². The minimum atomic E-state index is -0.528. The summed E-state index contributed by atoms with van der Waals surface area (Å²) in [4.78, 5) is 12.0. The zero-order valence-corrected chi connectivity index (χ0v) is 12.4. The molecule has 2 aromatic rings. The average molecular weight is 290 g/mol. The highest BCUT2D eigenvalue weighted by molar-refractivity contribution is 6.22. The first kappa shape index (κ1) is 13.3. The SMILES string of the molecule is Cc1ccoc1C(Cl)c1ccc2c(c1)C(C)(C)C(=O)N2. The van der Waals surface area contributed by atoms with E-state index in [0.717, 1.165) is 28.1 Å². The third-order valence-corrected chi connectivity index (χ3v) is 4.41. The van der Waals surface area contributed by atoms with Crippen LogP contribution in [-0.4, -0.2) is 5.91 Å². The summed E-state index contributed by atoms with van der Waals surface area (Å²) >= 11 is 6.51. The number of anilines is 1. The number of alkyl halides is 1. The van der Waals surface area contributed by atoms with Crippen LogP contribution in [0, 0.1) is 6.92 Å². The van der Waals surface area contributed by atoms with Crippen LogP contribution in [0.1, 0.15) is 41.7 Å². The van der Waals surface area contributed by atoms with Crippen molar-refractivity contribution in [3.05, 3.63) is 53.0 Å². The number of benzene rings is 1. The monoisotopic (exact) mass is 289 g/mol. The van der Waals surface area contributed by atoms with Gasteiger partial charge in [-0.1, -0.05) is 12.1 Å². The quantitative estimate of drug-likeness (QED) is 0.844. The van der Waals surface area contributed by atoms with Gasteiger partial charge in [-0.25, -0.2) is 0 Å². The van der Waals surface area contributed by atoms with Crippen molar-refractivity contribution in [1.29, 1.82) is 0 Å². The van der Waals surface area contributed by atoms with Crippen LogP contribution in [0.25, 0.3) is 0 Å². The Labute approximate surface area is 122 Å². The second-order valence-electron chi connectivity index (χ2n) is 5.71. The van der Waals surface area contributed by atoms with Gasteiger partial charge in [-0.2, -0.15) is 0 Å². The highest BCUT2D eigenvalue weighted by atomic mass is 35.5. The van der Waals surface area contributed by atoms with Crippen molar-refractivity contribution < 1.29 is 9.21 Å². The first-order chi connectivity index (χ1) is 9.41. The van der Waals surface area contributed by atoms with E-state index in [1.54, 1.807) is 6.26 Å². The van der Waals surface area contributed by atoms with Crippen molar-refractivity contribution in [2.45, 2.75) is 31.6 Å². The molecule has 1 atom stereocenters. The van der Waals surface area contributed by atoms with Gasteiger partial charge in [0, 0.05) is 5.69 Å². The Bertz CT molecular complexity index is 688. The fourth-order valence-electron chi connectivity index (χ4n) is 2.54. The van der Waals surface area contributed by atoms with Gasteiger partial charge in [0.1, 0.15) is 11.1 Å². The van der Waals surface area contributed by atoms with Crippen molar-refractivity contribution in [3.63, 3.8) is 0 Å². The predicted molar refractivity (Wildman–Crippen MR) is 79.2 cm³/mol. The van der Waals surface area contributed by atoms with E-state index in [1.165, 1.54) is 0 Å². The molecule has 104 valence electrons. The molecule has 3 nitrogen and oxygen atoms in total. The van der Waals surface area contributed by atoms with Gasteiger partial charge in [0.25, 0.3) is 0 Å². The number of amides is 1. The van der Waals surface area contributed by atoms with Crippen LogP contribution in [-0.2, 0) is 10.2 Å². The van der Waals surface area contributed by atoms with E-state index < -0.39 is 5.41 Å². The van der Waals surface area contributed by atoms with Crippen molar-refractivity contribution in [2.24, 2.45) is 0 Å². The fourth-order valence-corrected chi connectivity index (χ4v) is 2.90. The molecule has 3 rings (SSSR count). The van der Waals surface area contributed by atoms with Gasteiger partial charge in [-0.15, -0.1) is 11.6 Å². The Hall–Kier alpha value is -1.74. The molecule has 1 unspecified atom stereocenters. The first-order valence-corrected chi connectivity index (χ1v) is 6.99. The summed E-state index contributed by atoms with van der Waals surface area (Å²) in [6.07, 6.45) is 1.64. The normalized spacial score (nSPS) is 17.7. The largest absolute Gasteiger partial charge is 0.467 e. The molecule has 0 radical (unpaired) electrons. The second kappa shape index (κ2) is 4.38. The summed E-state index contributed by atoms with van der Waals surface area (Å²) in [5.41, 5.74) is 3.28. The first-order valence-electron chi connectivity index (χ1n) is 6.55. The molecule has 1 aliphatic rings. The molecule has 0 saturated heterocycles. The maximum Gasteiger partial charge on any atom is 0.234 e. The molecule has 0 spiro atoms. The molecule has 1 amide bonds. The van der Waals surface area contributed by atoms with Crippen molar-refractivity contribution in [2.75, 3.05) is 5.32 Å². The second-order valence-corrected chi connectivity index (χ2v) is 6.15. The van der Waals surface area contributed by atoms with Crippen LogP contribution >= 0.6 is 11.6 Å². The zero-order chi connectivity index (χ0) is 14.5. The lowest BCUT2D eigenvalue weighted by atomic mass is 9.85. The Morgan fingerprint density at radius 3 is 2.70 bits per heavy atom. The zero-order valence-electron chi connectivity index (χ0n) is 11.7. The summed E-state index contributed by atoms with van der Waals surface area (Å²) in [5.74, 6) is 0.770. The summed E-state index contributed by atoms with van der Waals surface area (Å²) in [6.45, 7) is 5.80. The fraction of sp³-hybridized carbons (Fsp3) is 0.312. The molecule has 2 heterocycles. The lowest BCUT2D eigenvalue weighted by molar-refractivity contribution is -0.119. The molecule has 0 bridgehead atoms. The van der Waals surface area contributed by atoms with Gasteiger partial charge in [0.05, 0.1) is 11.7 Å². The molecule has 0 saturated carbocycles. The predicted octanol–water partition coefficient (Wildman–Crippen LogP) is 4.15. The topological polar surface area (TPSA) is 42.2 Å². The van der Waals surface area contributed by atoms with E-state index in [4.69, 9.17) is 16.0 Å². The molecule has 1 aromatic heterocycles. The molecule has 1 aliphatic heterocycles. The molecular weight excluding hydrogens is 274 g/mol. The van der Waals surface area contributed by atoms with E-state index >= 15 is 0 Å². The Morgan fingerprint density at radius 1 is 1.30 bits per heavy atom. The van der Waals surface area contributed by atoms with Crippen LogP contribution in [0.4, 0.5) is 5.69 Å². The molecule has 4 heteroatoms. The van der Waals surface area contributed by atoms with Crippen LogP contribution in [0.3, 0.4) is 0 Å². The van der Waals surface area contributed by atoms with Gasteiger partial charge < -0.3 is 9.73 Å². The number of rotatable bonds is 2. The minimum absolute atomic E-state index is 0.0185. The molecular formula is C16H16ClNO2. The van der Waals surface area contributed by atoms with E-state index in [-0.39, 0.29) is 11.3 Å². The molecule has 20 heavy (non-hydrogen) atoms. The number of halogens is 1. The number of nitrogens with one attached hydrogen (secondary N) is 1. The highest BCUT2D eigenvalue weighted by Gasteiger charge is 2.38.